The highest BCUT2D eigenvalue weighted by molar-refractivity contribution is 7.89. The molecule has 0 saturated heterocycles. The van der Waals surface area contributed by atoms with Gasteiger partial charge in [-0.25, -0.2) is 13.1 Å². The second-order valence-corrected chi connectivity index (χ2v) is 7.19. The molecule has 1 rings (SSSR count). The lowest BCUT2D eigenvalue weighted by atomic mass is 10.1. The van der Waals surface area contributed by atoms with Crippen LogP contribution in [0.15, 0.2) is 29.2 Å². The van der Waals surface area contributed by atoms with E-state index in [0.717, 1.165) is 6.42 Å². The molecule has 0 fully saturated rings. The lowest BCUT2D eigenvalue weighted by Crippen LogP contribution is -2.35. The molecule has 120 valence electrons. The molecule has 1 aromatic carbocycles. The van der Waals surface area contributed by atoms with Crippen molar-refractivity contribution in [3.05, 3.63) is 24.3 Å². The first-order chi connectivity index (χ1) is 9.85. The first-order valence-corrected chi connectivity index (χ1v) is 8.57. The largest absolute Gasteiger partial charge is 0.494 e. The molecule has 6 heteroatoms. The number of rotatable bonds is 9. The molecule has 0 aliphatic rings. The summed E-state index contributed by atoms with van der Waals surface area (Å²) in [5.74, 6) is 1.26. The average molecular weight is 315 g/mol. The van der Waals surface area contributed by atoms with Crippen LogP contribution in [0, 0.1) is 5.92 Å². The molecule has 0 aliphatic heterocycles. The summed E-state index contributed by atoms with van der Waals surface area (Å²) >= 11 is 0. The highest BCUT2D eigenvalue weighted by Gasteiger charge is 2.17. The van der Waals surface area contributed by atoms with E-state index in [0.29, 0.717) is 24.9 Å². The van der Waals surface area contributed by atoms with Gasteiger partial charge in [-0.3, -0.25) is 0 Å². The molecule has 0 amide bonds. The number of hydrogen-bond acceptors (Lipinski definition) is 4. The Balaban J connectivity index is 2.64. The fraction of sp³-hybridized carbons (Fsp3) is 0.600. The van der Waals surface area contributed by atoms with Crippen LogP contribution < -0.4 is 9.46 Å². The second kappa shape index (κ2) is 8.36. The van der Waals surface area contributed by atoms with E-state index in [2.05, 4.69) is 18.6 Å². The quantitative estimate of drug-likeness (QED) is 0.760. The van der Waals surface area contributed by atoms with Crippen LogP contribution in [0.3, 0.4) is 0 Å². The van der Waals surface area contributed by atoms with Gasteiger partial charge in [-0.2, -0.15) is 0 Å². The molecular formula is C15H25NO4S. The van der Waals surface area contributed by atoms with Crippen LogP contribution in [0.5, 0.6) is 5.75 Å². The summed E-state index contributed by atoms with van der Waals surface area (Å²) in [6, 6.07) is 6.17. The molecule has 0 aromatic heterocycles. The fourth-order valence-electron chi connectivity index (χ4n) is 1.74. The van der Waals surface area contributed by atoms with Gasteiger partial charge in [0, 0.05) is 13.2 Å². The van der Waals surface area contributed by atoms with Gasteiger partial charge in [-0.1, -0.05) is 13.8 Å². The van der Waals surface area contributed by atoms with Gasteiger partial charge in [0.15, 0.2) is 0 Å². The number of methoxy groups -OCH3 is 1. The van der Waals surface area contributed by atoms with Crippen LogP contribution in [0.1, 0.15) is 27.2 Å². The minimum atomic E-state index is -3.52. The first-order valence-electron chi connectivity index (χ1n) is 7.09. The van der Waals surface area contributed by atoms with Gasteiger partial charge < -0.3 is 9.47 Å². The molecule has 5 nitrogen and oxygen atoms in total. The minimum absolute atomic E-state index is 0.224. The molecule has 0 aliphatic carbocycles. The number of sulfonamides is 1. The Hall–Kier alpha value is -1.11. The first kappa shape index (κ1) is 17.9. The highest BCUT2D eigenvalue weighted by Crippen LogP contribution is 2.17. The van der Waals surface area contributed by atoms with Crippen molar-refractivity contribution >= 4 is 10.0 Å². The number of ether oxygens (including phenoxy) is 2. The summed E-state index contributed by atoms with van der Waals surface area (Å²) in [4.78, 5) is 0.224. The van der Waals surface area contributed by atoms with E-state index in [1.165, 1.54) is 7.11 Å². The molecule has 0 radical (unpaired) electrons. The Labute approximate surface area is 127 Å². The zero-order valence-electron chi connectivity index (χ0n) is 13.1. The van der Waals surface area contributed by atoms with E-state index in [1.54, 1.807) is 31.2 Å². The molecule has 1 aromatic rings. The molecule has 1 unspecified atom stereocenters. The third kappa shape index (κ3) is 6.46. The van der Waals surface area contributed by atoms with Gasteiger partial charge in [-0.15, -0.1) is 0 Å². The van der Waals surface area contributed by atoms with Gasteiger partial charge in [0.05, 0.1) is 18.1 Å². The predicted molar refractivity (Wildman–Crippen MR) is 83.1 cm³/mol. The van der Waals surface area contributed by atoms with Gasteiger partial charge in [0.25, 0.3) is 0 Å². The lowest BCUT2D eigenvalue weighted by Gasteiger charge is -2.13. The highest BCUT2D eigenvalue weighted by atomic mass is 32.2. The van der Waals surface area contributed by atoms with E-state index >= 15 is 0 Å². The number of nitrogens with one attached hydrogen (secondary N) is 1. The Morgan fingerprint density at radius 2 is 1.76 bits per heavy atom. The third-order valence-corrected chi connectivity index (χ3v) is 4.48. The van der Waals surface area contributed by atoms with Crippen molar-refractivity contribution in [2.75, 3.05) is 20.3 Å². The van der Waals surface area contributed by atoms with E-state index < -0.39 is 10.0 Å². The zero-order valence-corrected chi connectivity index (χ0v) is 13.9. The van der Waals surface area contributed by atoms with E-state index in [4.69, 9.17) is 9.47 Å². The van der Waals surface area contributed by atoms with Crippen molar-refractivity contribution in [1.82, 2.24) is 4.72 Å². The monoisotopic (exact) mass is 315 g/mol. The zero-order chi connectivity index (χ0) is 15.9. The Bertz CT molecular complexity index is 511. The van der Waals surface area contributed by atoms with Crippen molar-refractivity contribution in [1.29, 1.82) is 0 Å². The van der Waals surface area contributed by atoms with Crippen LogP contribution in [-0.4, -0.2) is 34.8 Å². The Morgan fingerprint density at radius 1 is 1.14 bits per heavy atom. The van der Waals surface area contributed by atoms with Gasteiger partial charge in [-0.05, 0) is 43.5 Å². The summed E-state index contributed by atoms with van der Waals surface area (Å²) in [6.07, 6.45) is 0.968. The molecule has 1 atom stereocenters. The molecule has 0 saturated carbocycles. The van der Waals surface area contributed by atoms with Crippen LogP contribution in [0.2, 0.25) is 0 Å². The average Bonchev–Trinajstić information content (AvgIpc) is 2.38. The molecule has 1 N–H and O–H groups in total. The SMILES string of the molecule is COCC(C)NS(=O)(=O)c1ccc(OCCC(C)C)cc1. The maximum atomic E-state index is 12.1. The smallest absolute Gasteiger partial charge is 0.240 e. The van der Waals surface area contributed by atoms with E-state index in [-0.39, 0.29) is 10.9 Å². The summed E-state index contributed by atoms with van der Waals surface area (Å²) in [5.41, 5.74) is 0. The van der Waals surface area contributed by atoms with Gasteiger partial charge in [0.2, 0.25) is 10.0 Å². The molecule has 0 spiro atoms. The number of benzene rings is 1. The molecule has 0 bridgehead atoms. The standard InChI is InChI=1S/C15H25NO4S/c1-12(2)9-10-20-14-5-7-15(8-6-14)21(17,18)16-13(3)11-19-4/h5-8,12-13,16H,9-11H2,1-4H3. The maximum Gasteiger partial charge on any atom is 0.240 e. The second-order valence-electron chi connectivity index (χ2n) is 5.48. The number of hydrogen-bond donors (Lipinski definition) is 1. The summed E-state index contributed by atoms with van der Waals surface area (Å²) in [5, 5.41) is 0. The van der Waals surface area contributed by atoms with Crippen molar-refractivity contribution < 1.29 is 17.9 Å². The van der Waals surface area contributed by atoms with Crippen LogP contribution in [0.25, 0.3) is 0 Å². The third-order valence-electron chi connectivity index (χ3n) is 2.87. The summed E-state index contributed by atoms with van der Waals surface area (Å²) < 4.78 is 37.3. The normalized spacial score (nSPS) is 13.4. The topological polar surface area (TPSA) is 64.6 Å². The van der Waals surface area contributed by atoms with E-state index in [9.17, 15) is 8.42 Å². The van der Waals surface area contributed by atoms with Crippen molar-refractivity contribution in [3.8, 4) is 5.75 Å². The van der Waals surface area contributed by atoms with Gasteiger partial charge >= 0.3 is 0 Å². The van der Waals surface area contributed by atoms with Crippen molar-refractivity contribution in [2.24, 2.45) is 5.92 Å². The van der Waals surface area contributed by atoms with Crippen molar-refractivity contribution in [3.63, 3.8) is 0 Å². The molecular weight excluding hydrogens is 290 g/mol. The fourth-order valence-corrected chi connectivity index (χ4v) is 2.97. The predicted octanol–water partition coefficient (Wildman–Crippen LogP) is 2.42. The Morgan fingerprint density at radius 3 is 2.29 bits per heavy atom. The van der Waals surface area contributed by atoms with E-state index in [1.807, 2.05) is 0 Å². The molecule has 0 heterocycles. The summed E-state index contributed by atoms with van der Waals surface area (Å²) in [6.45, 7) is 6.98. The lowest BCUT2D eigenvalue weighted by molar-refractivity contribution is 0.180. The Kier molecular flexibility index (Phi) is 7.14. The summed E-state index contributed by atoms with van der Waals surface area (Å²) in [7, 11) is -1.98. The molecule has 21 heavy (non-hydrogen) atoms. The van der Waals surface area contributed by atoms with Crippen molar-refractivity contribution in [2.45, 2.75) is 38.1 Å². The minimum Gasteiger partial charge on any atom is -0.494 e. The van der Waals surface area contributed by atoms with Crippen LogP contribution >= 0.6 is 0 Å². The van der Waals surface area contributed by atoms with Gasteiger partial charge in [0.1, 0.15) is 5.75 Å². The van der Waals surface area contributed by atoms with Crippen LogP contribution in [0.4, 0.5) is 0 Å². The van der Waals surface area contributed by atoms with Crippen LogP contribution in [-0.2, 0) is 14.8 Å². The maximum absolute atomic E-state index is 12.1.